The lowest BCUT2D eigenvalue weighted by atomic mass is 10.1. The summed E-state index contributed by atoms with van der Waals surface area (Å²) >= 11 is 1.67. The lowest BCUT2D eigenvalue weighted by Gasteiger charge is -2.21. The Morgan fingerprint density at radius 2 is 2.00 bits per heavy atom. The summed E-state index contributed by atoms with van der Waals surface area (Å²) in [5, 5.41) is 6.57. The third kappa shape index (κ3) is 5.33. The number of aryl methyl sites for hydroxylation is 1. The molecule has 5 nitrogen and oxygen atoms in total. The first-order valence-corrected chi connectivity index (χ1v) is 8.40. The van der Waals surface area contributed by atoms with Crippen LogP contribution in [-0.4, -0.2) is 37.0 Å². The van der Waals surface area contributed by atoms with E-state index in [1.54, 1.807) is 25.5 Å². The topological polar surface area (TPSA) is 49.8 Å². The molecular formula is C17H24N4OS. The van der Waals surface area contributed by atoms with Crippen LogP contribution in [0, 0.1) is 6.92 Å². The molecule has 0 unspecified atom stereocenters. The van der Waals surface area contributed by atoms with E-state index in [2.05, 4.69) is 49.8 Å². The number of aliphatic imine (C=N–C) groups is 1. The van der Waals surface area contributed by atoms with Crippen LogP contribution in [0.15, 0.2) is 34.6 Å². The Morgan fingerprint density at radius 1 is 1.30 bits per heavy atom. The zero-order chi connectivity index (χ0) is 16.7. The van der Waals surface area contributed by atoms with Gasteiger partial charge < -0.3 is 15.0 Å². The van der Waals surface area contributed by atoms with Gasteiger partial charge in [-0.25, -0.2) is 4.98 Å². The summed E-state index contributed by atoms with van der Waals surface area (Å²) in [7, 11) is 5.53. The molecule has 0 bridgehead atoms. The first-order chi connectivity index (χ1) is 11.1. The second-order valence-corrected chi connectivity index (χ2v) is 6.43. The van der Waals surface area contributed by atoms with Crippen LogP contribution in [0.5, 0.6) is 0 Å². The van der Waals surface area contributed by atoms with Crippen molar-refractivity contribution in [3.63, 3.8) is 0 Å². The standard InChI is InChI=1S/C17H24N4OS/c1-13-20-16(12-23-13)10-21(3)17(18-2)19-9-14-5-7-15(8-6-14)11-22-4/h5-8,12H,9-11H2,1-4H3,(H,18,19). The highest BCUT2D eigenvalue weighted by atomic mass is 32.1. The average molecular weight is 332 g/mol. The quantitative estimate of drug-likeness (QED) is 0.653. The van der Waals surface area contributed by atoms with Gasteiger partial charge in [-0.2, -0.15) is 0 Å². The fourth-order valence-electron chi connectivity index (χ4n) is 2.28. The molecule has 0 atom stereocenters. The average Bonchev–Trinajstić information content (AvgIpc) is 2.95. The Kier molecular flexibility index (Phi) is 6.55. The Labute approximate surface area is 142 Å². The van der Waals surface area contributed by atoms with Crippen molar-refractivity contribution < 1.29 is 4.74 Å². The zero-order valence-electron chi connectivity index (χ0n) is 14.2. The Morgan fingerprint density at radius 3 is 2.57 bits per heavy atom. The molecule has 0 fully saturated rings. The van der Waals surface area contributed by atoms with Gasteiger partial charge in [-0.3, -0.25) is 4.99 Å². The van der Waals surface area contributed by atoms with Gasteiger partial charge in [0.25, 0.3) is 0 Å². The minimum Gasteiger partial charge on any atom is -0.380 e. The van der Waals surface area contributed by atoms with E-state index in [0.29, 0.717) is 6.61 Å². The van der Waals surface area contributed by atoms with E-state index in [1.165, 1.54) is 11.1 Å². The van der Waals surface area contributed by atoms with Crippen molar-refractivity contribution in [1.29, 1.82) is 0 Å². The number of guanidine groups is 1. The fourth-order valence-corrected chi connectivity index (χ4v) is 2.89. The van der Waals surface area contributed by atoms with Crippen molar-refractivity contribution in [2.24, 2.45) is 4.99 Å². The van der Waals surface area contributed by atoms with Gasteiger partial charge in [0.15, 0.2) is 5.96 Å². The number of nitrogens with one attached hydrogen (secondary N) is 1. The minimum atomic E-state index is 0.644. The third-order valence-electron chi connectivity index (χ3n) is 3.42. The number of rotatable bonds is 6. The molecule has 1 aromatic heterocycles. The van der Waals surface area contributed by atoms with Gasteiger partial charge >= 0.3 is 0 Å². The molecule has 1 heterocycles. The highest BCUT2D eigenvalue weighted by Crippen LogP contribution is 2.10. The molecule has 0 saturated carbocycles. The summed E-state index contributed by atoms with van der Waals surface area (Å²) in [5.74, 6) is 0.858. The summed E-state index contributed by atoms with van der Waals surface area (Å²) in [6, 6.07) is 8.40. The predicted octanol–water partition coefficient (Wildman–Crippen LogP) is 2.81. The molecule has 6 heteroatoms. The van der Waals surface area contributed by atoms with E-state index < -0.39 is 0 Å². The van der Waals surface area contributed by atoms with Gasteiger partial charge in [0.1, 0.15) is 0 Å². The van der Waals surface area contributed by atoms with Gasteiger partial charge in [0.2, 0.25) is 0 Å². The number of hydrogen-bond acceptors (Lipinski definition) is 4. The molecule has 2 aromatic rings. The SMILES string of the molecule is CN=C(NCc1ccc(COC)cc1)N(C)Cc1csc(C)n1. The van der Waals surface area contributed by atoms with E-state index in [4.69, 9.17) is 4.74 Å². The van der Waals surface area contributed by atoms with E-state index in [9.17, 15) is 0 Å². The van der Waals surface area contributed by atoms with E-state index in [1.807, 2.05) is 14.0 Å². The zero-order valence-corrected chi connectivity index (χ0v) is 15.0. The molecule has 0 aliphatic carbocycles. The second-order valence-electron chi connectivity index (χ2n) is 5.36. The third-order valence-corrected chi connectivity index (χ3v) is 4.25. The van der Waals surface area contributed by atoms with E-state index >= 15 is 0 Å². The largest absolute Gasteiger partial charge is 0.380 e. The molecule has 1 N–H and O–H groups in total. The monoisotopic (exact) mass is 332 g/mol. The van der Waals surface area contributed by atoms with Crippen molar-refractivity contribution in [3.05, 3.63) is 51.5 Å². The molecule has 0 spiro atoms. The second kappa shape index (κ2) is 8.64. The summed E-state index contributed by atoms with van der Waals surface area (Å²) in [5.41, 5.74) is 3.46. The summed E-state index contributed by atoms with van der Waals surface area (Å²) in [6.07, 6.45) is 0. The van der Waals surface area contributed by atoms with Gasteiger partial charge in [0, 0.05) is 33.1 Å². The van der Waals surface area contributed by atoms with E-state index in [0.717, 1.165) is 29.8 Å². The highest BCUT2D eigenvalue weighted by molar-refractivity contribution is 7.09. The number of nitrogens with zero attached hydrogens (tertiary/aromatic N) is 3. The van der Waals surface area contributed by atoms with Crippen LogP contribution in [0.3, 0.4) is 0 Å². The number of ether oxygens (including phenoxy) is 1. The number of aromatic nitrogens is 1. The maximum absolute atomic E-state index is 5.13. The first kappa shape index (κ1) is 17.4. The minimum absolute atomic E-state index is 0.644. The molecule has 0 aliphatic rings. The van der Waals surface area contributed by atoms with Crippen molar-refractivity contribution in [1.82, 2.24) is 15.2 Å². The smallest absolute Gasteiger partial charge is 0.194 e. The van der Waals surface area contributed by atoms with Crippen molar-refractivity contribution in [2.45, 2.75) is 26.6 Å². The highest BCUT2D eigenvalue weighted by Gasteiger charge is 2.08. The number of thiazole rings is 1. The molecule has 0 saturated heterocycles. The van der Waals surface area contributed by atoms with Crippen LogP contribution < -0.4 is 5.32 Å². The molecule has 23 heavy (non-hydrogen) atoms. The first-order valence-electron chi connectivity index (χ1n) is 7.52. The number of methoxy groups -OCH3 is 1. The maximum atomic E-state index is 5.13. The number of benzene rings is 1. The molecule has 2 rings (SSSR count). The molecule has 124 valence electrons. The lowest BCUT2D eigenvalue weighted by Crippen LogP contribution is -2.38. The van der Waals surface area contributed by atoms with Gasteiger partial charge in [-0.05, 0) is 18.1 Å². The lowest BCUT2D eigenvalue weighted by molar-refractivity contribution is 0.185. The van der Waals surface area contributed by atoms with E-state index in [-0.39, 0.29) is 0 Å². The van der Waals surface area contributed by atoms with Gasteiger partial charge in [-0.1, -0.05) is 24.3 Å². The fraction of sp³-hybridized carbons (Fsp3) is 0.412. The normalized spacial score (nSPS) is 11.6. The van der Waals surface area contributed by atoms with Crippen molar-refractivity contribution in [2.75, 3.05) is 21.2 Å². The molecule has 0 aliphatic heterocycles. The van der Waals surface area contributed by atoms with Crippen molar-refractivity contribution >= 4 is 17.3 Å². The molecule has 0 amide bonds. The van der Waals surface area contributed by atoms with Crippen LogP contribution >= 0.6 is 11.3 Å². The van der Waals surface area contributed by atoms with Gasteiger partial charge in [-0.15, -0.1) is 11.3 Å². The summed E-state index contributed by atoms with van der Waals surface area (Å²) in [4.78, 5) is 10.9. The van der Waals surface area contributed by atoms with Crippen LogP contribution in [0.25, 0.3) is 0 Å². The Bertz CT molecular complexity index is 636. The number of hydrogen-bond donors (Lipinski definition) is 1. The van der Waals surface area contributed by atoms with Crippen LogP contribution in [-0.2, 0) is 24.4 Å². The summed E-state index contributed by atoms with van der Waals surface area (Å²) in [6.45, 7) is 4.15. The van der Waals surface area contributed by atoms with Crippen LogP contribution in [0.4, 0.5) is 0 Å². The maximum Gasteiger partial charge on any atom is 0.194 e. The molecular weight excluding hydrogens is 308 g/mol. The Balaban J connectivity index is 1.88. The molecule has 0 radical (unpaired) electrons. The predicted molar refractivity (Wildman–Crippen MR) is 95.7 cm³/mol. The summed E-state index contributed by atoms with van der Waals surface area (Å²) < 4.78 is 5.13. The van der Waals surface area contributed by atoms with Gasteiger partial charge in [0.05, 0.1) is 23.9 Å². The van der Waals surface area contributed by atoms with Crippen LogP contribution in [0.2, 0.25) is 0 Å². The Hall–Kier alpha value is -1.92. The molecule has 1 aromatic carbocycles. The van der Waals surface area contributed by atoms with Crippen LogP contribution in [0.1, 0.15) is 21.8 Å². The van der Waals surface area contributed by atoms with Crippen molar-refractivity contribution in [3.8, 4) is 0 Å².